The highest BCUT2D eigenvalue weighted by Crippen LogP contribution is 2.33. The first kappa shape index (κ1) is 19.2. The zero-order valence-corrected chi connectivity index (χ0v) is 18.3. The highest BCUT2D eigenvalue weighted by Gasteiger charge is 2.11. The Bertz CT molecular complexity index is 1070. The number of nitrogens with one attached hydrogen (secondary N) is 2. The van der Waals surface area contributed by atoms with Crippen LogP contribution in [0.2, 0.25) is 5.02 Å². The zero-order chi connectivity index (χ0) is 19.5. The third kappa shape index (κ3) is 4.64. The van der Waals surface area contributed by atoms with Crippen molar-refractivity contribution in [2.24, 2.45) is 0 Å². The summed E-state index contributed by atoms with van der Waals surface area (Å²) in [7, 11) is 0. The summed E-state index contributed by atoms with van der Waals surface area (Å²) < 4.78 is 3.27. The van der Waals surface area contributed by atoms with E-state index in [1.165, 1.54) is 11.9 Å². The average Bonchev–Trinajstić information content (AvgIpc) is 3.28. The van der Waals surface area contributed by atoms with Crippen molar-refractivity contribution in [3.05, 3.63) is 63.7 Å². The predicted molar refractivity (Wildman–Crippen MR) is 121 cm³/mol. The van der Waals surface area contributed by atoms with Crippen LogP contribution in [0, 0.1) is 13.8 Å². The van der Waals surface area contributed by atoms with Crippen LogP contribution in [0.5, 0.6) is 0 Å². The molecular weight excluding hydrogens is 430 g/mol. The van der Waals surface area contributed by atoms with Crippen molar-refractivity contribution < 1.29 is 0 Å². The predicted octanol–water partition coefficient (Wildman–Crippen LogP) is 6.79. The van der Waals surface area contributed by atoms with Gasteiger partial charge in [0.2, 0.25) is 0 Å². The normalized spacial score (nSPS) is 10.8. The van der Waals surface area contributed by atoms with Crippen LogP contribution in [-0.2, 0) is 0 Å². The molecule has 0 amide bonds. The van der Waals surface area contributed by atoms with E-state index in [0.29, 0.717) is 0 Å². The van der Waals surface area contributed by atoms with Gasteiger partial charge in [0.1, 0.15) is 5.82 Å². The Kier molecular flexibility index (Phi) is 5.82. The molecule has 0 spiro atoms. The van der Waals surface area contributed by atoms with Gasteiger partial charge in [-0.1, -0.05) is 11.6 Å². The van der Waals surface area contributed by atoms with E-state index < -0.39 is 0 Å². The first-order valence-electron chi connectivity index (χ1n) is 8.38. The van der Waals surface area contributed by atoms with Crippen molar-refractivity contribution in [2.45, 2.75) is 18.7 Å². The minimum atomic E-state index is 0.729. The van der Waals surface area contributed by atoms with Crippen molar-refractivity contribution in [3.63, 3.8) is 0 Å². The number of anilines is 3. The molecule has 0 saturated carbocycles. The van der Waals surface area contributed by atoms with Gasteiger partial charge < -0.3 is 10.0 Å². The lowest BCUT2D eigenvalue weighted by Gasteiger charge is -2.06. The van der Waals surface area contributed by atoms with Gasteiger partial charge >= 0.3 is 0 Å². The van der Waals surface area contributed by atoms with Crippen molar-refractivity contribution in [1.29, 1.82) is 0 Å². The summed E-state index contributed by atoms with van der Waals surface area (Å²) in [6.45, 7) is 4.03. The second kappa shape index (κ2) is 8.48. The molecule has 0 aliphatic rings. The zero-order valence-electron chi connectivity index (χ0n) is 15.1. The average molecular weight is 446 g/mol. The third-order valence-electron chi connectivity index (χ3n) is 3.74. The van der Waals surface area contributed by atoms with Crippen LogP contribution in [0.4, 0.5) is 16.6 Å². The van der Waals surface area contributed by atoms with E-state index in [-0.39, 0.29) is 0 Å². The van der Waals surface area contributed by atoms with Gasteiger partial charge in [-0.2, -0.15) is 0 Å². The van der Waals surface area contributed by atoms with E-state index in [9.17, 15) is 0 Å². The topological polar surface area (TPSA) is 62.7 Å². The Morgan fingerprint density at radius 3 is 2.54 bits per heavy atom. The first-order chi connectivity index (χ1) is 13.6. The maximum atomic E-state index is 5.90. The monoisotopic (exact) mass is 445 g/mol. The van der Waals surface area contributed by atoms with Gasteiger partial charge in [-0.25, -0.2) is 15.0 Å². The van der Waals surface area contributed by atoms with E-state index in [1.807, 2.05) is 55.6 Å². The molecule has 3 aromatic heterocycles. The number of benzene rings is 1. The van der Waals surface area contributed by atoms with Crippen LogP contribution in [0.1, 0.15) is 10.7 Å². The van der Waals surface area contributed by atoms with Crippen molar-refractivity contribution in [1.82, 2.24) is 15.0 Å². The molecule has 0 aliphatic carbocycles. The summed E-state index contributed by atoms with van der Waals surface area (Å²) >= 11 is 10.6. The Hall–Kier alpha value is -2.13. The fourth-order valence-corrected chi connectivity index (χ4v) is 4.88. The molecule has 0 atom stereocenters. The molecule has 3 heterocycles. The maximum Gasteiger partial charge on any atom is 0.188 e. The van der Waals surface area contributed by atoms with E-state index >= 15 is 0 Å². The Morgan fingerprint density at radius 2 is 1.86 bits per heavy atom. The third-order valence-corrected chi connectivity index (χ3v) is 6.69. The van der Waals surface area contributed by atoms with Crippen LogP contribution < -0.4 is 10.0 Å². The lowest BCUT2D eigenvalue weighted by molar-refractivity contribution is 1.20. The quantitative estimate of drug-likeness (QED) is 0.318. The van der Waals surface area contributed by atoms with Gasteiger partial charge in [0.25, 0.3) is 0 Å². The minimum absolute atomic E-state index is 0.729. The number of nitrogens with zero attached hydrogens (tertiary/aromatic N) is 3. The number of hydrogen-bond donors (Lipinski definition) is 2. The molecule has 5 nitrogen and oxygen atoms in total. The van der Waals surface area contributed by atoms with Gasteiger partial charge in [-0.3, -0.25) is 0 Å². The number of hydrogen-bond acceptors (Lipinski definition) is 8. The highest BCUT2D eigenvalue weighted by molar-refractivity contribution is 8.00. The molecule has 4 aromatic rings. The largest absolute Gasteiger partial charge is 0.324 e. The van der Waals surface area contributed by atoms with Crippen LogP contribution in [-0.4, -0.2) is 15.0 Å². The molecule has 9 heteroatoms. The molecule has 0 radical (unpaired) electrons. The SMILES string of the molecule is Cc1nc(C)c(-c2csc(Nc3ccc(NSc4ccc(Cl)cc4)cn3)n2)s1. The number of pyridine rings is 1. The number of aromatic nitrogens is 3. The second-order valence-corrected chi connectivity index (χ2v) is 9.28. The molecule has 0 saturated heterocycles. The number of rotatable bonds is 6. The summed E-state index contributed by atoms with van der Waals surface area (Å²) in [6, 6.07) is 11.6. The molecule has 28 heavy (non-hydrogen) atoms. The van der Waals surface area contributed by atoms with Crippen molar-refractivity contribution in [3.8, 4) is 10.6 Å². The molecule has 142 valence electrons. The molecule has 0 fully saturated rings. The van der Waals surface area contributed by atoms with Gasteiger partial charge in [-0.15, -0.1) is 22.7 Å². The van der Waals surface area contributed by atoms with Crippen LogP contribution in [0.25, 0.3) is 10.6 Å². The summed E-state index contributed by atoms with van der Waals surface area (Å²) in [5.41, 5.74) is 2.89. The van der Waals surface area contributed by atoms with Crippen molar-refractivity contribution in [2.75, 3.05) is 10.0 Å². The molecule has 4 rings (SSSR count). The Labute approximate surface area is 180 Å². The molecule has 1 aromatic carbocycles. The van der Waals surface area contributed by atoms with E-state index in [0.717, 1.165) is 47.8 Å². The lowest BCUT2D eigenvalue weighted by atomic mass is 10.3. The Balaban J connectivity index is 1.38. The minimum Gasteiger partial charge on any atom is -0.324 e. The molecule has 2 N–H and O–H groups in total. The van der Waals surface area contributed by atoms with Crippen LogP contribution >= 0.6 is 46.2 Å². The number of aryl methyl sites for hydroxylation is 2. The fraction of sp³-hybridized carbons (Fsp3) is 0.105. The van der Waals surface area contributed by atoms with Crippen LogP contribution in [0.3, 0.4) is 0 Å². The molecule has 0 aliphatic heterocycles. The van der Waals surface area contributed by atoms with Crippen molar-refractivity contribution >= 4 is 62.9 Å². The number of thiazole rings is 2. The maximum absolute atomic E-state index is 5.90. The molecule has 0 unspecified atom stereocenters. The van der Waals surface area contributed by atoms with E-state index in [4.69, 9.17) is 11.6 Å². The van der Waals surface area contributed by atoms with Crippen LogP contribution in [0.15, 0.2) is 52.9 Å². The summed E-state index contributed by atoms with van der Waals surface area (Å²) in [4.78, 5) is 15.8. The second-order valence-electron chi connectivity index (χ2n) is 5.90. The summed E-state index contributed by atoms with van der Waals surface area (Å²) in [5, 5.41) is 7.89. The van der Waals surface area contributed by atoms with E-state index in [1.54, 1.807) is 28.9 Å². The molecular formula is C19H16ClN5S3. The van der Waals surface area contributed by atoms with Gasteiger partial charge in [0, 0.05) is 15.3 Å². The van der Waals surface area contributed by atoms with Gasteiger partial charge in [0.05, 0.1) is 33.2 Å². The van der Waals surface area contributed by atoms with E-state index in [2.05, 4.69) is 25.0 Å². The smallest absolute Gasteiger partial charge is 0.188 e. The summed E-state index contributed by atoms with van der Waals surface area (Å²) in [5.74, 6) is 0.750. The first-order valence-corrected chi connectivity index (χ1v) is 11.3. The lowest BCUT2D eigenvalue weighted by Crippen LogP contribution is -1.94. The highest BCUT2D eigenvalue weighted by atomic mass is 35.5. The number of halogens is 1. The fourth-order valence-electron chi connectivity index (χ4n) is 2.46. The summed E-state index contributed by atoms with van der Waals surface area (Å²) in [6.07, 6.45) is 1.79. The Morgan fingerprint density at radius 1 is 1.04 bits per heavy atom. The van der Waals surface area contributed by atoms with Gasteiger partial charge in [0.15, 0.2) is 5.13 Å². The van der Waals surface area contributed by atoms with Gasteiger partial charge in [-0.05, 0) is 62.2 Å². The standard InChI is InChI=1S/C19H16ClN5S3/c1-11-18(27-12(2)22-11)16-10-26-19(23-16)24-17-8-5-14(9-21-17)25-28-15-6-3-13(20)4-7-15/h3-10,25H,1-2H3,(H,21,23,24). The molecule has 0 bridgehead atoms.